The predicted octanol–water partition coefficient (Wildman–Crippen LogP) is 3.20. The fourth-order valence-electron chi connectivity index (χ4n) is 1.80. The molecule has 0 saturated carbocycles. The summed E-state index contributed by atoms with van der Waals surface area (Å²) in [4.78, 5) is 3.79. The van der Waals surface area contributed by atoms with E-state index in [2.05, 4.69) is 10.3 Å². The van der Waals surface area contributed by atoms with Gasteiger partial charge in [0.2, 0.25) is 0 Å². The van der Waals surface area contributed by atoms with E-state index in [0.29, 0.717) is 0 Å². The van der Waals surface area contributed by atoms with Crippen LogP contribution in [-0.4, -0.2) is 17.6 Å². The van der Waals surface area contributed by atoms with Crippen LogP contribution in [0.5, 0.6) is 0 Å². The first-order chi connectivity index (χ1) is 7.88. The Bertz CT molecular complexity index is 363. The summed E-state index contributed by atoms with van der Waals surface area (Å²) in [5.41, 5.74) is -0.349. The Morgan fingerprint density at radius 3 is 2.53 bits per heavy atom. The van der Waals surface area contributed by atoms with Crippen molar-refractivity contribution in [2.24, 2.45) is 0 Å². The second kappa shape index (κ2) is 5.49. The first-order valence-electron chi connectivity index (χ1n) is 5.62. The van der Waals surface area contributed by atoms with Crippen LogP contribution in [0.15, 0.2) is 18.5 Å². The molecule has 2 atom stereocenters. The molecule has 17 heavy (non-hydrogen) atoms. The lowest BCUT2D eigenvalue weighted by Gasteiger charge is -2.23. The van der Waals surface area contributed by atoms with E-state index in [1.807, 2.05) is 13.8 Å². The van der Waals surface area contributed by atoms with Crippen LogP contribution in [0.1, 0.15) is 37.8 Å². The van der Waals surface area contributed by atoms with Gasteiger partial charge in [0.25, 0.3) is 0 Å². The lowest BCUT2D eigenvalue weighted by atomic mass is 9.92. The van der Waals surface area contributed by atoms with Gasteiger partial charge in [0.15, 0.2) is 0 Å². The molecule has 0 amide bonds. The van der Waals surface area contributed by atoms with Crippen molar-refractivity contribution in [3.05, 3.63) is 29.6 Å². The van der Waals surface area contributed by atoms with Gasteiger partial charge in [-0.3, -0.25) is 4.98 Å². The highest BCUT2D eigenvalue weighted by atomic mass is 19.4. The smallest absolute Gasteiger partial charge is 0.314 e. The summed E-state index contributed by atoms with van der Waals surface area (Å²) in [6, 6.07) is 1.01. The second-order valence-electron chi connectivity index (χ2n) is 4.10. The van der Waals surface area contributed by atoms with Gasteiger partial charge < -0.3 is 5.32 Å². The zero-order valence-electron chi connectivity index (χ0n) is 10.2. The zero-order valence-corrected chi connectivity index (χ0v) is 10.2. The van der Waals surface area contributed by atoms with E-state index in [-0.39, 0.29) is 17.5 Å². The quantitative estimate of drug-likeness (QED) is 0.882. The van der Waals surface area contributed by atoms with Crippen molar-refractivity contribution in [2.45, 2.75) is 38.9 Å². The largest absolute Gasteiger partial charge is 0.416 e. The zero-order chi connectivity index (χ0) is 13.1. The van der Waals surface area contributed by atoms with Gasteiger partial charge in [0, 0.05) is 18.4 Å². The second-order valence-corrected chi connectivity index (χ2v) is 4.10. The van der Waals surface area contributed by atoms with Crippen molar-refractivity contribution in [3.8, 4) is 0 Å². The van der Waals surface area contributed by atoms with Crippen LogP contribution in [0.3, 0.4) is 0 Å². The van der Waals surface area contributed by atoms with E-state index in [1.54, 1.807) is 6.92 Å². The van der Waals surface area contributed by atoms with Crippen molar-refractivity contribution in [1.29, 1.82) is 0 Å². The molecule has 2 unspecified atom stereocenters. The van der Waals surface area contributed by atoms with Crippen LogP contribution >= 0.6 is 0 Å². The highest BCUT2D eigenvalue weighted by molar-refractivity contribution is 5.30. The Labute approximate surface area is 99.3 Å². The molecule has 1 heterocycles. The molecule has 96 valence electrons. The molecular weight excluding hydrogens is 229 g/mol. The van der Waals surface area contributed by atoms with E-state index < -0.39 is 11.7 Å². The average Bonchev–Trinajstić information content (AvgIpc) is 2.27. The van der Waals surface area contributed by atoms with E-state index in [0.717, 1.165) is 12.6 Å². The molecule has 0 radical (unpaired) electrons. The first-order valence-corrected chi connectivity index (χ1v) is 5.62. The highest BCUT2D eigenvalue weighted by Crippen LogP contribution is 2.35. The number of likely N-dealkylation sites (N-methyl/N-ethyl adjacent to an activating group) is 1. The molecule has 0 aliphatic heterocycles. The number of pyridine rings is 1. The van der Waals surface area contributed by atoms with Crippen LogP contribution in [-0.2, 0) is 6.18 Å². The lowest BCUT2D eigenvalue weighted by Crippen LogP contribution is -2.31. The minimum absolute atomic E-state index is 0.0229. The summed E-state index contributed by atoms with van der Waals surface area (Å²) in [5.74, 6) is -0.236. The molecule has 0 aliphatic carbocycles. The Morgan fingerprint density at radius 2 is 2.00 bits per heavy atom. The maximum Gasteiger partial charge on any atom is 0.416 e. The minimum Gasteiger partial charge on any atom is -0.314 e. The topological polar surface area (TPSA) is 24.9 Å². The van der Waals surface area contributed by atoms with Crippen molar-refractivity contribution >= 4 is 0 Å². The molecule has 1 N–H and O–H groups in total. The van der Waals surface area contributed by atoms with Crippen LogP contribution in [0.4, 0.5) is 13.2 Å². The number of alkyl halides is 3. The van der Waals surface area contributed by atoms with Crippen LogP contribution < -0.4 is 5.32 Å². The fraction of sp³-hybridized carbons (Fsp3) is 0.583. The van der Waals surface area contributed by atoms with Gasteiger partial charge in [0.1, 0.15) is 0 Å². The number of hydrogen-bond donors (Lipinski definition) is 1. The van der Waals surface area contributed by atoms with Crippen LogP contribution in [0.2, 0.25) is 0 Å². The SMILES string of the molecule is CCNC(C)C(C)c1cnccc1C(F)(F)F. The van der Waals surface area contributed by atoms with Crippen molar-refractivity contribution in [2.75, 3.05) is 6.54 Å². The normalized spacial score (nSPS) is 15.6. The van der Waals surface area contributed by atoms with Crippen LogP contribution in [0.25, 0.3) is 0 Å². The first kappa shape index (κ1) is 14.0. The molecule has 0 saturated heterocycles. The van der Waals surface area contributed by atoms with Crippen molar-refractivity contribution < 1.29 is 13.2 Å². The maximum absolute atomic E-state index is 12.8. The molecule has 2 nitrogen and oxygen atoms in total. The molecular formula is C12H17F3N2. The van der Waals surface area contributed by atoms with E-state index in [9.17, 15) is 13.2 Å². The van der Waals surface area contributed by atoms with Crippen LogP contribution in [0, 0.1) is 0 Å². The number of hydrogen-bond acceptors (Lipinski definition) is 2. The Kier molecular flexibility index (Phi) is 4.51. The molecule has 0 fully saturated rings. The van der Waals surface area contributed by atoms with Gasteiger partial charge in [-0.05, 0) is 31.0 Å². The standard InChI is InChI=1S/C12H17F3N2/c1-4-17-9(3)8(2)10-7-16-6-5-11(10)12(13,14)15/h5-9,17H,4H2,1-3H3. The lowest BCUT2D eigenvalue weighted by molar-refractivity contribution is -0.138. The van der Waals surface area contributed by atoms with Gasteiger partial charge in [-0.15, -0.1) is 0 Å². The van der Waals surface area contributed by atoms with Gasteiger partial charge in [0.05, 0.1) is 5.56 Å². The van der Waals surface area contributed by atoms with E-state index >= 15 is 0 Å². The number of rotatable bonds is 4. The van der Waals surface area contributed by atoms with Gasteiger partial charge >= 0.3 is 6.18 Å². The summed E-state index contributed by atoms with van der Waals surface area (Å²) in [6.07, 6.45) is -1.84. The fourth-order valence-corrected chi connectivity index (χ4v) is 1.80. The number of halogens is 3. The predicted molar refractivity (Wildman–Crippen MR) is 60.8 cm³/mol. The summed E-state index contributed by atoms with van der Waals surface area (Å²) in [7, 11) is 0. The summed E-state index contributed by atoms with van der Waals surface area (Å²) < 4.78 is 38.4. The highest BCUT2D eigenvalue weighted by Gasteiger charge is 2.35. The number of aromatic nitrogens is 1. The molecule has 1 aromatic rings. The summed E-state index contributed by atoms with van der Waals surface area (Å²) >= 11 is 0. The Hall–Kier alpha value is -1.10. The Balaban J connectivity index is 3.05. The van der Waals surface area contributed by atoms with E-state index in [4.69, 9.17) is 0 Å². The molecule has 1 rings (SSSR count). The van der Waals surface area contributed by atoms with Gasteiger partial charge in [-0.2, -0.15) is 13.2 Å². The molecule has 0 aliphatic rings. The summed E-state index contributed by atoms with van der Waals surface area (Å²) in [6.45, 7) is 6.31. The maximum atomic E-state index is 12.8. The van der Waals surface area contributed by atoms with E-state index in [1.165, 1.54) is 12.4 Å². The molecule has 0 spiro atoms. The monoisotopic (exact) mass is 246 g/mol. The van der Waals surface area contributed by atoms with Gasteiger partial charge in [-0.1, -0.05) is 13.8 Å². The minimum atomic E-state index is -4.32. The average molecular weight is 246 g/mol. The molecule has 5 heteroatoms. The molecule has 0 bridgehead atoms. The Morgan fingerprint density at radius 1 is 1.35 bits per heavy atom. The molecule has 1 aromatic heterocycles. The third kappa shape index (κ3) is 3.43. The van der Waals surface area contributed by atoms with Gasteiger partial charge in [-0.25, -0.2) is 0 Å². The number of nitrogens with zero attached hydrogens (tertiary/aromatic N) is 1. The molecule has 0 aromatic carbocycles. The summed E-state index contributed by atoms with van der Waals surface area (Å²) in [5, 5.41) is 3.13. The van der Waals surface area contributed by atoms with Crippen molar-refractivity contribution in [3.63, 3.8) is 0 Å². The number of nitrogens with one attached hydrogen (secondary N) is 1. The third-order valence-electron chi connectivity index (χ3n) is 2.92. The third-order valence-corrected chi connectivity index (χ3v) is 2.92. The van der Waals surface area contributed by atoms with Crippen molar-refractivity contribution in [1.82, 2.24) is 10.3 Å².